The fourth-order valence-corrected chi connectivity index (χ4v) is 6.43. The molecule has 0 saturated carbocycles. The lowest BCUT2D eigenvalue weighted by Gasteiger charge is -2.38. The van der Waals surface area contributed by atoms with Crippen LogP contribution in [0.1, 0.15) is 91.5 Å². The number of fused-ring (bicyclic) bond motifs is 6. The number of imidazole rings is 1. The first-order valence-corrected chi connectivity index (χ1v) is 13.8. The molecule has 0 fully saturated rings. The van der Waals surface area contributed by atoms with E-state index < -0.39 is 0 Å². The molecule has 0 spiro atoms. The number of aryl methyl sites for hydroxylation is 2. The third-order valence-electron chi connectivity index (χ3n) is 8.44. The van der Waals surface area contributed by atoms with E-state index in [0.717, 1.165) is 0 Å². The van der Waals surface area contributed by atoms with Gasteiger partial charge in [-0.25, -0.2) is 4.57 Å². The lowest BCUT2D eigenvalue weighted by Crippen LogP contribution is -2.73. The van der Waals surface area contributed by atoms with Gasteiger partial charge in [0.15, 0.2) is 0 Å². The predicted octanol–water partition coefficient (Wildman–Crippen LogP) is 6.27. The van der Waals surface area contributed by atoms with E-state index in [1.54, 1.807) is 0 Å². The van der Waals surface area contributed by atoms with Gasteiger partial charge in [0.1, 0.15) is 12.4 Å². The standard InChI is InChI=1S/C32H44B2N3/c1-21-14-13-15-26-27(21)29-35(12)16-17-36(29)34-33(26)22(2)20-37(34)28-24(31(6,7)8)18-23(30(3,4)5)19-25(28)32(9,10)11/h13-20H,1-12H3/q+1. The van der Waals surface area contributed by atoms with Crippen molar-refractivity contribution in [3.63, 3.8) is 0 Å². The van der Waals surface area contributed by atoms with Gasteiger partial charge in [0.25, 0.3) is 12.4 Å². The fourth-order valence-electron chi connectivity index (χ4n) is 6.43. The maximum absolute atomic E-state index is 2.63. The minimum absolute atomic E-state index is 0.00374. The van der Waals surface area contributed by atoms with Crippen LogP contribution in [-0.2, 0) is 23.3 Å². The summed E-state index contributed by atoms with van der Waals surface area (Å²) in [6, 6.07) is 11.8. The Balaban J connectivity index is 1.84. The SMILES string of the molecule is CC1=CN(c2c(C(C)(C)C)cc(C(C)(C)C)cc2C(C)(C)C)B2B1c1cccc(C)c1-c1n(C)cc[n+]12. The van der Waals surface area contributed by atoms with Crippen molar-refractivity contribution in [1.82, 2.24) is 4.57 Å². The molecule has 2 aliphatic rings. The van der Waals surface area contributed by atoms with Gasteiger partial charge in [-0.1, -0.05) is 111 Å². The Kier molecular flexibility index (Phi) is 5.72. The highest BCUT2D eigenvalue weighted by Gasteiger charge is 2.56. The Hall–Kier alpha value is -2.68. The number of allylic oxidation sites excluding steroid dienone is 1. The summed E-state index contributed by atoms with van der Waals surface area (Å²) in [7, 11) is 2.18. The molecule has 0 N–H and O–H groups in total. The zero-order chi connectivity index (χ0) is 27.2. The van der Waals surface area contributed by atoms with Crippen LogP contribution in [0.5, 0.6) is 0 Å². The van der Waals surface area contributed by atoms with Crippen molar-refractivity contribution in [1.29, 1.82) is 0 Å². The van der Waals surface area contributed by atoms with Crippen molar-refractivity contribution in [3.05, 3.63) is 76.7 Å². The third kappa shape index (κ3) is 4.01. The Morgan fingerprint density at radius 2 is 1.41 bits per heavy atom. The van der Waals surface area contributed by atoms with Gasteiger partial charge in [-0.15, -0.1) is 0 Å². The quantitative estimate of drug-likeness (QED) is 0.365. The van der Waals surface area contributed by atoms with Crippen LogP contribution < -0.4 is 14.8 Å². The Bertz CT molecular complexity index is 1390. The predicted molar refractivity (Wildman–Crippen MR) is 161 cm³/mol. The third-order valence-corrected chi connectivity index (χ3v) is 8.44. The monoisotopic (exact) mass is 492 g/mol. The number of aromatic nitrogens is 2. The fraction of sp³-hybridized carbons (Fsp3) is 0.469. The first-order chi connectivity index (χ1) is 17.0. The van der Waals surface area contributed by atoms with Crippen molar-refractivity contribution in [2.75, 3.05) is 4.81 Å². The molecule has 5 rings (SSSR count). The van der Waals surface area contributed by atoms with Crippen LogP contribution >= 0.6 is 0 Å². The normalized spacial score (nSPS) is 15.6. The van der Waals surface area contributed by atoms with E-state index in [9.17, 15) is 0 Å². The number of benzene rings is 2. The van der Waals surface area contributed by atoms with Gasteiger partial charge in [0, 0.05) is 5.69 Å². The van der Waals surface area contributed by atoms with Gasteiger partial charge in [-0.2, -0.15) is 0 Å². The molecule has 5 heteroatoms. The summed E-state index contributed by atoms with van der Waals surface area (Å²) in [5.74, 6) is 1.29. The lowest BCUT2D eigenvalue weighted by atomic mass is 9.14. The van der Waals surface area contributed by atoms with Crippen LogP contribution in [0.2, 0.25) is 0 Å². The Morgan fingerprint density at radius 3 is 1.95 bits per heavy atom. The minimum atomic E-state index is 0.00374. The lowest BCUT2D eigenvalue weighted by molar-refractivity contribution is -0.521. The molecule has 3 heterocycles. The summed E-state index contributed by atoms with van der Waals surface area (Å²) in [5, 5.41) is 0. The molecule has 0 saturated heterocycles. The summed E-state index contributed by atoms with van der Waals surface area (Å²) < 4.78 is 4.83. The van der Waals surface area contributed by atoms with E-state index in [-0.39, 0.29) is 23.1 Å². The second kappa shape index (κ2) is 8.16. The van der Waals surface area contributed by atoms with Gasteiger partial charge in [-0.05, 0) is 51.6 Å². The zero-order valence-electron chi connectivity index (χ0n) is 25.1. The molecule has 0 amide bonds. The first-order valence-electron chi connectivity index (χ1n) is 13.8. The van der Waals surface area contributed by atoms with E-state index in [1.165, 1.54) is 50.3 Å². The van der Waals surface area contributed by atoms with Gasteiger partial charge < -0.3 is 4.81 Å². The molecule has 2 aliphatic heterocycles. The van der Waals surface area contributed by atoms with Crippen molar-refractivity contribution < 1.29 is 4.48 Å². The van der Waals surface area contributed by atoms with Crippen LogP contribution in [0.4, 0.5) is 5.69 Å². The van der Waals surface area contributed by atoms with Crippen molar-refractivity contribution in [3.8, 4) is 11.4 Å². The molecule has 2 aromatic carbocycles. The van der Waals surface area contributed by atoms with E-state index in [0.29, 0.717) is 6.60 Å². The molecule has 0 bridgehead atoms. The van der Waals surface area contributed by atoms with E-state index in [2.05, 4.69) is 146 Å². The Labute approximate surface area is 225 Å². The summed E-state index contributed by atoms with van der Waals surface area (Å²) in [6.07, 6.45) is 6.96. The summed E-state index contributed by atoms with van der Waals surface area (Å²) in [4.78, 5) is 2.63. The van der Waals surface area contributed by atoms with E-state index in [4.69, 9.17) is 0 Å². The second-order valence-corrected chi connectivity index (χ2v) is 14.5. The molecule has 192 valence electrons. The maximum atomic E-state index is 2.63. The summed E-state index contributed by atoms with van der Waals surface area (Å²) in [5.41, 5.74) is 11.4. The average Bonchev–Trinajstić information content (AvgIpc) is 3.31. The second-order valence-electron chi connectivity index (χ2n) is 14.5. The van der Waals surface area contributed by atoms with Crippen LogP contribution in [0, 0.1) is 6.92 Å². The highest BCUT2D eigenvalue weighted by atomic mass is 15.2. The number of rotatable bonds is 1. The molecule has 3 nitrogen and oxygen atoms in total. The number of hydrogen-bond donors (Lipinski definition) is 0. The molecule has 0 unspecified atom stereocenters. The van der Waals surface area contributed by atoms with Crippen molar-refractivity contribution in [2.45, 2.75) is 92.4 Å². The summed E-state index contributed by atoms with van der Waals surface area (Å²) in [6.45, 7) is 26.3. The van der Waals surface area contributed by atoms with E-state index >= 15 is 0 Å². The van der Waals surface area contributed by atoms with Gasteiger partial charge >= 0.3 is 6.87 Å². The minimum Gasteiger partial charge on any atom is -0.357 e. The Morgan fingerprint density at radius 1 is 0.811 bits per heavy atom. The van der Waals surface area contributed by atoms with Crippen LogP contribution in [0.3, 0.4) is 0 Å². The molecule has 3 aromatic rings. The van der Waals surface area contributed by atoms with Gasteiger partial charge in [-0.3, -0.25) is 4.48 Å². The van der Waals surface area contributed by atoms with Gasteiger partial charge in [0.05, 0.1) is 12.6 Å². The largest absolute Gasteiger partial charge is 0.465 e. The van der Waals surface area contributed by atoms with Crippen LogP contribution in [0.15, 0.2) is 54.4 Å². The average molecular weight is 492 g/mol. The molecular formula is C32H44B2N3+. The molecule has 0 radical (unpaired) electrons. The zero-order valence-corrected chi connectivity index (χ0v) is 25.1. The highest BCUT2D eigenvalue weighted by molar-refractivity contribution is 7.30. The number of hydrogen-bond acceptors (Lipinski definition) is 1. The van der Waals surface area contributed by atoms with Gasteiger partial charge in [0.2, 0.25) is 0 Å². The number of nitrogens with zero attached hydrogens (tertiary/aromatic N) is 3. The molecule has 1 aromatic heterocycles. The topological polar surface area (TPSA) is 12.1 Å². The summed E-state index contributed by atoms with van der Waals surface area (Å²) >= 11 is 0. The van der Waals surface area contributed by atoms with Crippen LogP contribution in [0.25, 0.3) is 11.4 Å². The maximum Gasteiger partial charge on any atom is 0.465 e. The molecule has 0 aliphatic carbocycles. The first kappa shape index (κ1) is 25.9. The van der Waals surface area contributed by atoms with Crippen LogP contribution in [-0.4, -0.2) is 18.0 Å². The molecule has 37 heavy (non-hydrogen) atoms. The van der Waals surface area contributed by atoms with Crippen molar-refractivity contribution in [2.24, 2.45) is 7.05 Å². The number of anilines is 1. The smallest absolute Gasteiger partial charge is 0.357 e. The van der Waals surface area contributed by atoms with Crippen molar-refractivity contribution >= 4 is 24.6 Å². The molecular weight excluding hydrogens is 448 g/mol. The highest BCUT2D eigenvalue weighted by Crippen LogP contribution is 2.45. The molecule has 0 atom stereocenters. The van der Waals surface area contributed by atoms with E-state index in [1.807, 2.05) is 0 Å².